The number of nitrogens with one attached hydrogen (secondary N) is 1. The molecule has 1 aliphatic heterocycles. The van der Waals surface area contributed by atoms with Crippen molar-refractivity contribution in [2.75, 3.05) is 39.0 Å². The number of rotatable bonds is 4. The summed E-state index contributed by atoms with van der Waals surface area (Å²) in [6.07, 6.45) is -0.129. The molecule has 2 rings (SSSR count). The van der Waals surface area contributed by atoms with Crippen molar-refractivity contribution in [3.05, 3.63) is 22.7 Å². The number of benzene rings is 1. The van der Waals surface area contributed by atoms with Crippen molar-refractivity contribution in [3.63, 3.8) is 0 Å². The fraction of sp³-hybridized carbons (Fsp3) is 0.500. The maximum atomic E-state index is 12.2. The van der Waals surface area contributed by atoms with Crippen molar-refractivity contribution < 1.29 is 13.2 Å². The number of morpholine rings is 1. The van der Waals surface area contributed by atoms with Crippen LogP contribution in [0.5, 0.6) is 0 Å². The highest BCUT2D eigenvalue weighted by Gasteiger charge is 2.22. The van der Waals surface area contributed by atoms with E-state index in [-0.39, 0.29) is 17.5 Å². The largest absolute Gasteiger partial charge is 0.399 e. The SMILES string of the molecule is CN1CCOC(CNS(=O)(=O)c2ccc(N)cc2Br)C1. The molecular weight excluding hydrogens is 346 g/mol. The summed E-state index contributed by atoms with van der Waals surface area (Å²) >= 11 is 3.22. The fourth-order valence-corrected chi connectivity index (χ4v) is 4.17. The Kier molecular flexibility index (Phi) is 5.03. The van der Waals surface area contributed by atoms with Crippen molar-refractivity contribution in [3.8, 4) is 0 Å². The van der Waals surface area contributed by atoms with E-state index in [0.717, 1.165) is 6.54 Å². The Morgan fingerprint density at radius 2 is 2.30 bits per heavy atom. The van der Waals surface area contributed by atoms with E-state index in [4.69, 9.17) is 10.5 Å². The van der Waals surface area contributed by atoms with Gasteiger partial charge >= 0.3 is 0 Å². The fourth-order valence-electron chi connectivity index (χ4n) is 2.01. The summed E-state index contributed by atoms with van der Waals surface area (Å²) in [6.45, 7) is 2.45. The molecule has 1 fully saturated rings. The summed E-state index contributed by atoms with van der Waals surface area (Å²) in [6, 6.07) is 4.61. The molecule has 0 spiro atoms. The van der Waals surface area contributed by atoms with E-state index < -0.39 is 10.0 Å². The average molecular weight is 364 g/mol. The molecule has 1 aromatic rings. The first-order valence-electron chi connectivity index (χ1n) is 6.23. The molecule has 20 heavy (non-hydrogen) atoms. The Bertz CT molecular complexity index is 579. The van der Waals surface area contributed by atoms with Gasteiger partial charge in [0.2, 0.25) is 10.0 Å². The van der Waals surface area contributed by atoms with Crippen molar-refractivity contribution in [1.82, 2.24) is 9.62 Å². The van der Waals surface area contributed by atoms with Crippen LogP contribution < -0.4 is 10.5 Å². The minimum atomic E-state index is -3.58. The van der Waals surface area contributed by atoms with Gasteiger partial charge in [0, 0.05) is 29.8 Å². The molecule has 3 N–H and O–H groups in total. The van der Waals surface area contributed by atoms with Crippen molar-refractivity contribution in [2.45, 2.75) is 11.0 Å². The first-order valence-corrected chi connectivity index (χ1v) is 8.51. The van der Waals surface area contributed by atoms with Crippen molar-refractivity contribution in [1.29, 1.82) is 0 Å². The van der Waals surface area contributed by atoms with Gasteiger partial charge in [0.15, 0.2) is 0 Å². The van der Waals surface area contributed by atoms with E-state index in [2.05, 4.69) is 25.6 Å². The number of ether oxygens (including phenoxy) is 1. The average Bonchev–Trinajstić information content (AvgIpc) is 2.36. The van der Waals surface area contributed by atoms with E-state index >= 15 is 0 Å². The van der Waals surface area contributed by atoms with E-state index in [0.29, 0.717) is 23.3 Å². The Labute approximate surface area is 127 Å². The smallest absolute Gasteiger partial charge is 0.241 e. The lowest BCUT2D eigenvalue weighted by molar-refractivity contribution is -0.0156. The first-order chi connectivity index (χ1) is 9.38. The summed E-state index contributed by atoms with van der Waals surface area (Å²) in [5.41, 5.74) is 6.11. The molecule has 0 aliphatic carbocycles. The van der Waals surface area contributed by atoms with Crippen LogP contribution in [0.1, 0.15) is 0 Å². The number of hydrogen-bond acceptors (Lipinski definition) is 5. The summed E-state index contributed by atoms with van der Waals surface area (Å²) in [4.78, 5) is 2.29. The van der Waals surface area contributed by atoms with Crippen LogP contribution >= 0.6 is 15.9 Å². The molecule has 1 heterocycles. The van der Waals surface area contributed by atoms with Gasteiger partial charge < -0.3 is 15.4 Å². The van der Waals surface area contributed by atoms with E-state index in [1.807, 2.05) is 7.05 Å². The van der Waals surface area contributed by atoms with Crippen LogP contribution in [0.25, 0.3) is 0 Å². The molecule has 0 bridgehead atoms. The molecular formula is C12H18BrN3O3S. The number of nitrogens with two attached hydrogens (primary N) is 1. The number of nitrogens with zero attached hydrogens (tertiary/aromatic N) is 1. The van der Waals surface area contributed by atoms with Gasteiger partial charge in [-0.2, -0.15) is 0 Å². The number of nitrogen functional groups attached to an aromatic ring is 1. The highest BCUT2D eigenvalue weighted by Crippen LogP contribution is 2.24. The predicted octanol–water partition coefficient (Wildman–Crippen LogP) is 0.640. The van der Waals surface area contributed by atoms with Gasteiger partial charge in [0.1, 0.15) is 0 Å². The van der Waals surface area contributed by atoms with Crippen LogP contribution in [0.3, 0.4) is 0 Å². The number of hydrogen-bond donors (Lipinski definition) is 2. The lowest BCUT2D eigenvalue weighted by Gasteiger charge is -2.30. The summed E-state index contributed by atoms with van der Waals surface area (Å²) in [5.74, 6) is 0. The number of sulfonamides is 1. The van der Waals surface area contributed by atoms with Crippen LogP contribution in [-0.2, 0) is 14.8 Å². The number of likely N-dealkylation sites (N-methyl/N-ethyl adjacent to an activating group) is 1. The van der Waals surface area contributed by atoms with Gasteiger partial charge in [-0.15, -0.1) is 0 Å². The van der Waals surface area contributed by atoms with Gasteiger partial charge in [-0.05, 0) is 41.2 Å². The highest BCUT2D eigenvalue weighted by molar-refractivity contribution is 9.10. The van der Waals surface area contributed by atoms with Crippen LogP contribution in [-0.4, -0.2) is 52.7 Å². The Morgan fingerprint density at radius 1 is 1.55 bits per heavy atom. The van der Waals surface area contributed by atoms with Crippen LogP contribution in [0.4, 0.5) is 5.69 Å². The zero-order valence-electron chi connectivity index (χ0n) is 11.2. The van der Waals surface area contributed by atoms with Gasteiger partial charge in [-0.25, -0.2) is 13.1 Å². The maximum Gasteiger partial charge on any atom is 0.241 e. The lowest BCUT2D eigenvalue weighted by Crippen LogP contribution is -2.45. The third-order valence-electron chi connectivity index (χ3n) is 3.09. The van der Waals surface area contributed by atoms with Crippen molar-refractivity contribution in [2.24, 2.45) is 0 Å². The molecule has 6 nitrogen and oxygen atoms in total. The zero-order chi connectivity index (χ0) is 14.8. The minimum absolute atomic E-state index is 0.129. The minimum Gasteiger partial charge on any atom is -0.399 e. The maximum absolute atomic E-state index is 12.2. The number of anilines is 1. The topological polar surface area (TPSA) is 84.7 Å². The number of halogens is 1. The second-order valence-electron chi connectivity index (χ2n) is 4.80. The second kappa shape index (κ2) is 6.40. The Hall–Kier alpha value is -0.670. The van der Waals surface area contributed by atoms with Crippen LogP contribution in [0.15, 0.2) is 27.6 Å². The second-order valence-corrected chi connectivity index (χ2v) is 7.39. The molecule has 1 atom stereocenters. The normalized spacial score (nSPS) is 21.0. The first kappa shape index (κ1) is 15.7. The van der Waals surface area contributed by atoms with E-state index in [1.165, 1.54) is 6.07 Å². The van der Waals surface area contributed by atoms with Crippen LogP contribution in [0, 0.1) is 0 Å². The quantitative estimate of drug-likeness (QED) is 0.766. The molecule has 1 aromatic carbocycles. The van der Waals surface area contributed by atoms with Crippen LogP contribution in [0.2, 0.25) is 0 Å². The highest BCUT2D eigenvalue weighted by atomic mass is 79.9. The molecule has 112 valence electrons. The standard InChI is InChI=1S/C12H18BrN3O3S/c1-16-4-5-19-10(8-16)7-15-20(17,18)12-3-2-9(14)6-11(12)13/h2-3,6,10,15H,4-5,7-8,14H2,1H3. The Balaban J connectivity index is 2.03. The molecule has 1 saturated heterocycles. The van der Waals surface area contributed by atoms with Gasteiger partial charge in [-0.3, -0.25) is 0 Å². The predicted molar refractivity (Wildman–Crippen MR) is 81.0 cm³/mol. The molecule has 0 aromatic heterocycles. The van der Waals surface area contributed by atoms with E-state index in [1.54, 1.807) is 12.1 Å². The monoisotopic (exact) mass is 363 g/mol. The third kappa shape index (κ3) is 3.92. The summed E-state index contributed by atoms with van der Waals surface area (Å²) < 4.78 is 33.0. The zero-order valence-corrected chi connectivity index (χ0v) is 13.6. The summed E-state index contributed by atoms with van der Waals surface area (Å²) in [7, 11) is -1.59. The molecule has 1 aliphatic rings. The molecule has 1 unspecified atom stereocenters. The molecule has 0 radical (unpaired) electrons. The van der Waals surface area contributed by atoms with Crippen molar-refractivity contribution >= 4 is 31.6 Å². The molecule has 8 heteroatoms. The summed E-state index contributed by atoms with van der Waals surface area (Å²) in [5, 5.41) is 0. The van der Waals surface area contributed by atoms with Gasteiger partial charge in [0.25, 0.3) is 0 Å². The van der Waals surface area contributed by atoms with E-state index in [9.17, 15) is 8.42 Å². The van der Waals surface area contributed by atoms with Gasteiger partial charge in [-0.1, -0.05) is 0 Å². The third-order valence-corrected chi connectivity index (χ3v) is 5.49. The Morgan fingerprint density at radius 3 is 2.95 bits per heavy atom. The van der Waals surface area contributed by atoms with Gasteiger partial charge in [0.05, 0.1) is 17.6 Å². The molecule has 0 amide bonds. The lowest BCUT2D eigenvalue weighted by atomic mass is 10.3. The molecule has 0 saturated carbocycles.